The zero-order chi connectivity index (χ0) is 20.1. The van der Waals surface area contributed by atoms with Crippen LogP contribution in [0.15, 0.2) is 29.2 Å². The van der Waals surface area contributed by atoms with Gasteiger partial charge in [0, 0.05) is 36.8 Å². The van der Waals surface area contributed by atoms with Gasteiger partial charge in [-0.3, -0.25) is 9.59 Å². The lowest BCUT2D eigenvalue weighted by molar-refractivity contribution is -0.110. The van der Waals surface area contributed by atoms with Gasteiger partial charge in [-0.2, -0.15) is 0 Å². The molecule has 6 nitrogen and oxygen atoms in total. The first-order chi connectivity index (χ1) is 12.7. The van der Waals surface area contributed by atoms with Crippen molar-refractivity contribution < 1.29 is 23.5 Å². The molecule has 2 rings (SSSR count). The molecule has 0 aliphatic carbocycles. The van der Waals surface area contributed by atoms with Crippen LogP contribution in [0, 0.1) is 24.5 Å². The average Bonchev–Trinajstić information content (AvgIpc) is 2.64. The number of amides is 1. The number of hydrogen-bond donors (Lipinski definition) is 2. The molecule has 1 heterocycles. The Bertz CT molecular complexity index is 925. The number of aryl methyl sites for hydroxylation is 1. The molecule has 8 heteroatoms. The van der Waals surface area contributed by atoms with Crippen LogP contribution in [0.4, 0.5) is 8.78 Å². The van der Waals surface area contributed by atoms with E-state index in [2.05, 4.69) is 5.32 Å². The second kappa shape index (κ2) is 8.57. The van der Waals surface area contributed by atoms with Crippen molar-refractivity contribution in [2.24, 2.45) is 5.92 Å². The fraction of sp³-hybridized carbons (Fsp3) is 0.316. The minimum Gasteiger partial charge on any atom is -0.503 e. The van der Waals surface area contributed by atoms with Gasteiger partial charge in [0.25, 0.3) is 5.91 Å². The van der Waals surface area contributed by atoms with Crippen LogP contribution in [0.25, 0.3) is 0 Å². The number of nitrogens with one attached hydrogen (secondary N) is 1. The van der Waals surface area contributed by atoms with Crippen molar-refractivity contribution in [3.05, 3.63) is 63.1 Å². The van der Waals surface area contributed by atoms with Crippen molar-refractivity contribution in [3.63, 3.8) is 0 Å². The molecule has 27 heavy (non-hydrogen) atoms. The van der Waals surface area contributed by atoms with E-state index >= 15 is 0 Å². The molecule has 0 fully saturated rings. The maximum atomic E-state index is 13.6. The summed E-state index contributed by atoms with van der Waals surface area (Å²) in [5.74, 6) is -3.13. The standard InChI is InChI=1S/C19H20F2N2O4/c1-11(10-24)5-6-23-9-15(18(26)17(25)12(23)2)19(27)22-8-13-3-4-14(20)7-16(13)21/h3-4,7,9-11,25H,5-6,8H2,1-2H3,(H,22,27). The van der Waals surface area contributed by atoms with E-state index in [1.54, 1.807) is 6.92 Å². The van der Waals surface area contributed by atoms with E-state index in [-0.39, 0.29) is 29.3 Å². The van der Waals surface area contributed by atoms with E-state index in [0.29, 0.717) is 19.0 Å². The van der Waals surface area contributed by atoms with Crippen LogP contribution in [0.2, 0.25) is 0 Å². The summed E-state index contributed by atoms with van der Waals surface area (Å²) in [6.07, 6.45) is 2.56. The largest absolute Gasteiger partial charge is 0.503 e. The Balaban J connectivity index is 2.22. The molecule has 0 saturated carbocycles. The lowest BCUT2D eigenvalue weighted by Gasteiger charge is -2.15. The van der Waals surface area contributed by atoms with Crippen LogP contribution < -0.4 is 10.7 Å². The van der Waals surface area contributed by atoms with E-state index in [9.17, 15) is 28.3 Å². The Morgan fingerprint density at radius 2 is 2.07 bits per heavy atom. The van der Waals surface area contributed by atoms with E-state index < -0.39 is 28.7 Å². The number of aromatic hydroxyl groups is 1. The monoisotopic (exact) mass is 378 g/mol. The summed E-state index contributed by atoms with van der Waals surface area (Å²) >= 11 is 0. The molecule has 2 aromatic rings. The molecule has 1 unspecified atom stereocenters. The highest BCUT2D eigenvalue weighted by Gasteiger charge is 2.18. The van der Waals surface area contributed by atoms with Gasteiger partial charge in [-0.25, -0.2) is 8.78 Å². The Morgan fingerprint density at radius 1 is 1.37 bits per heavy atom. The maximum Gasteiger partial charge on any atom is 0.257 e. The zero-order valence-corrected chi connectivity index (χ0v) is 15.0. The van der Waals surface area contributed by atoms with Crippen LogP contribution >= 0.6 is 0 Å². The molecule has 0 bridgehead atoms. The lowest BCUT2D eigenvalue weighted by Crippen LogP contribution is -2.30. The van der Waals surface area contributed by atoms with Crippen LogP contribution in [0.5, 0.6) is 5.75 Å². The van der Waals surface area contributed by atoms with Gasteiger partial charge in [-0.1, -0.05) is 13.0 Å². The van der Waals surface area contributed by atoms with E-state index in [1.165, 1.54) is 23.8 Å². The fourth-order valence-corrected chi connectivity index (χ4v) is 2.48. The third-order valence-corrected chi connectivity index (χ3v) is 4.27. The highest BCUT2D eigenvalue weighted by atomic mass is 19.1. The maximum absolute atomic E-state index is 13.6. The number of benzene rings is 1. The molecule has 0 aliphatic heterocycles. The first-order valence-corrected chi connectivity index (χ1v) is 8.35. The molecule has 0 saturated heterocycles. The fourth-order valence-electron chi connectivity index (χ4n) is 2.48. The number of carbonyl (C=O) groups is 2. The minimum atomic E-state index is -0.843. The van der Waals surface area contributed by atoms with Crippen molar-refractivity contribution in [1.29, 1.82) is 0 Å². The zero-order valence-electron chi connectivity index (χ0n) is 15.0. The molecule has 0 radical (unpaired) electrons. The number of carbonyl (C=O) groups excluding carboxylic acids is 2. The quantitative estimate of drug-likeness (QED) is 0.724. The first kappa shape index (κ1) is 20.3. The highest BCUT2D eigenvalue weighted by Crippen LogP contribution is 2.15. The molecule has 0 spiro atoms. The Labute approximate surface area is 154 Å². The molecular formula is C19H20F2N2O4. The molecule has 1 aromatic heterocycles. The van der Waals surface area contributed by atoms with E-state index in [1.807, 2.05) is 0 Å². The number of nitrogens with zero attached hydrogens (tertiary/aromatic N) is 1. The predicted molar refractivity (Wildman–Crippen MR) is 94.5 cm³/mol. The van der Waals surface area contributed by atoms with Gasteiger partial charge in [0.1, 0.15) is 23.5 Å². The molecule has 2 N–H and O–H groups in total. The first-order valence-electron chi connectivity index (χ1n) is 8.35. The van der Waals surface area contributed by atoms with Crippen LogP contribution in [-0.4, -0.2) is 21.9 Å². The Morgan fingerprint density at radius 3 is 2.70 bits per heavy atom. The normalized spacial score (nSPS) is 11.9. The SMILES string of the molecule is Cc1c(O)c(=O)c(C(=O)NCc2ccc(F)cc2F)cn1CCC(C)C=O. The third-order valence-electron chi connectivity index (χ3n) is 4.27. The molecule has 144 valence electrons. The molecule has 0 aliphatic rings. The highest BCUT2D eigenvalue weighted by molar-refractivity contribution is 5.94. The summed E-state index contributed by atoms with van der Waals surface area (Å²) < 4.78 is 28.1. The van der Waals surface area contributed by atoms with Gasteiger partial charge in [-0.15, -0.1) is 0 Å². The van der Waals surface area contributed by atoms with Crippen LogP contribution in [0.3, 0.4) is 0 Å². The molecule has 1 atom stereocenters. The minimum absolute atomic E-state index is 0.0567. The molecule has 1 amide bonds. The van der Waals surface area contributed by atoms with Crippen molar-refractivity contribution in [1.82, 2.24) is 9.88 Å². The number of halogens is 2. The third kappa shape index (κ3) is 4.78. The van der Waals surface area contributed by atoms with Crippen molar-refractivity contribution in [2.75, 3.05) is 0 Å². The summed E-state index contributed by atoms with van der Waals surface area (Å²) in [7, 11) is 0. The predicted octanol–water partition coefficient (Wildman–Crippen LogP) is 2.30. The summed E-state index contributed by atoms with van der Waals surface area (Å²) in [6.45, 7) is 3.33. The van der Waals surface area contributed by atoms with Crippen LogP contribution in [-0.2, 0) is 17.9 Å². The van der Waals surface area contributed by atoms with Gasteiger partial charge in [-0.05, 0) is 19.4 Å². The van der Waals surface area contributed by atoms with Crippen LogP contribution in [0.1, 0.15) is 35.0 Å². The van der Waals surface area contributed by atoms with Crippen molar-refractivity contribution in [2.45, 2.75) is 33.4 Å². The number of aldehydes is 1. The number of rotatable bonds is 7. The van der Waals surface area contributed by atoms with Gasteiger partial charge in [0.15, 0.2) is 5.75 Å². The lowest BCUT2D eigenvalue weighted by atomic mass is 10.1. The molecular weight excluding hydrogens is 358 g/mol. The summed E-state index contributed by atoms with van der Waals surface area (Å²) in [4.78, 5) is 35.3. The number of aromatic nitrogens is 1. The Kier molecular flexibility index (Phi) is 6.44. The van der Waals surface area contributed by atoms with Gasteiger partial charge in [0.05, 0.1) is 5.69 Å². The smallest absolute Gasteiger partial charge is 0.257 e. The summed E-state index contributed by atoms with van der Waals surface area (Å²) in [5, 5.41) is 12.4. The summed E-state index contributed by atoms with van der Waals surface area (Å²) in [6, 6.07) is 2.94. The van der Waals surface area contributed by atoms with Gasteiger partial charge in [0.2, 0.25) is 5.43 Å². The van der Waals surface area contributed by atoms with Crippen molar-refractivity contribution in [3.8, 4) is 5.75 Å². The second-order valence-electron chi connectivity index (χ2n) is 6.32. The van der Waals surface area contributed by atoms with Gasteiger partial charge < -0.3 is 19.8 Å². The Hall–Kier alpha value is -3.03. The number of hydrogen-bond acceptors (Lipinski definition) is 4. The summed E-state index contributed by atoms with van der Waals surface area (Å²) in [5.41, 5.74) is -0.816. The van der Waals surface area contributed by atoms with Crippen molar-refractivity contribution >= 4 is 12.2 Å². The topological polar surface area (TPSA) is 88.4 Å². The van der Waals surface area contributed by atoms with E-state index in [0.717, 1.165) is 12.4 Å². The second-order valence-corrected chi connectivity index (χ2v) is 6.32. The van der Waals surface area contributed by atoms with E-state index in [4.69, 9.17) is 0 Å². The van der Waals surface area contributed by atoms with Gasteiger partial charge >= 0.3 is 0 Å². The number of pyridine rings is 1. The average molecular weight is 378 g/mol. The molecule has 1 aromatic carbocycles.